The summed E-state index contributed by atoms with van der Waals surface area (Å²) in [6, 6.07) is 15.6. The lowest BCUT2D eigenvalue weighted by Gasteiger charge is -2.26. The minimum absolute atomic E-state index is 0.441. The summed E-state index contributed by atoms with van der Waals surface area (Å²) in [5, 5.41) is 2.65. The largest absolute Gasteiger partial charge is 0.433 e. The predicted molar refractivity (Wildman–Crippen MR) is 118 cm³/mol. The molecular weight excluding hydrogens is 397 g/mol. The number of fused-ring (bicyclic) bond motifs is 2. The van der Waals surface area contributed by atoms with E-state index in [0.717, 1.165) is 44.1 Å². The molecule has 0 radical (unpaired) electrons. The van der Waals surface area contributed by atoms with Crippen LogP contribution >= 0.6 is 0 Å². The van der Waals surface area contributed by atoms with Crippen molar-refractivity contribution in [2.75, 3.05) is 19.6 Å². The molecule has 0 saturated heterocycles. The minimum Gasteiger partial charge on any atom is -0.299 e. The quantitative estimate of drug-likeness (QED) is 0.507. The van der Waals surface area contributed by atoms with E-state index in [9.17, 15) is 13.2 Å². The van der Waals surface area contributed by atoms with Gasteiger partial charge in [-0.25, -0.2) is 4.98 Å². The smallest absolute Gasteiger partial charge is 0.299 e. The van der Waals surface area contributed by atoms with Crippen LogP contribution in [0, 0.1) is 0 Å². The molecule has 5 heteroatoms. The zero-order valence-corrected chi connectivity index (χ0v) is 17.4. The number of rotatable bonds is 4. The van der Waals surface area contributed by atoms with Crippen LogP contribution in [0.25, 0.3) is 16.3 Å². The Morgan fingerprint density at radius 1 is 0.903 bits per heavy atom. The van der Waals surface area contributed by atoms with Gasteiger partial charge in [-0.15, -0.1) is 0 Å². The van der Waals surface area contributed by atoms with Gasteiger partial charge in [0.25, 0.3) is 0 Å². The van der Waals surface area contributed by atoms with Gasteiger partial charge in [-0.1, -0.05) is 42.5 Å². The molecule has 0 spiro atoms. The fraction of sp³-hybridized carbons (Fsp3) is 0.346. The third kappa shape index (κ3) is 4.38. The zero-order valence-electron chi connectivity index (χ0n) is 17.4. The molecule has 2 nitrogen and oxygen atoms in total. The minimum atomic E-state index is -4.41. The Morgan fingerprint density at radius 3 is 2.45 bits per heavy atom. The lowest BCUT2D eigenvalue weighted by molar-refractivity contribution is -0.141. The first-order chi connectivity index (χ1) is 15.0. The molecule has 5 rings (SSSR count). The summed E-state index contributed by atoms with van der Waals surface area (Å²) in [4.78, 5) is 6.18. The highest BCUT2D eigenvalue weighted by Gasteiger charge is 2.32. The molecule has 31 heavy (non-hydrogen) atoms. The van der Waals surface area contributed by atoms with Crippen molar-refractivity contribution in [1.29, 1.82) is 0 Å². The van der Waals surface area contributed by atoms with Crippen LogP contribution in [0.3, 0.4) is 0 Å². The van der Waals surface area contributed by atoms with Crippen LogP contribution in [-0.4, -0.2) is 29.5 Å². The van der Waals surface area contributed by atoms with E-state index in [2.05, 4.69) is 40.2 Å². The Hall–Kier alpha value is -2.66. The Labute approximate surface area is 180 Å². The van der Waals surface area contributed by atoms with Crippen LogP contribution in [0.1, 0.15) is 40.9 Å². The van der Waals surface area contributed by atoms with E-state index in [1.165, 1.54) is 52.8 Å². The van der Waals surface area contributed by atoms with Crippen molar-refractivity contribution in [3.05, 3.63) is 82.7 Å². The van der Waals surface area contributed by atoms with Crippen LogP contribution in [0.4, 0.5) is 13.2 Å². The average molecular weight is 422 g/mol. The molecule has 1 aromatic heterocycles. The van der Waals surface area contributed by atoms with Gasteiger partial charge >= 0.3 is 6.18 Å². The predicted octanol–water partition coefficient (Wildman–Crippen LogP) is 6.07. The number of alkyl halides is 3. The summed E-state index contributed by atoms with van der Waals surface area (Å²) < 4.78 is 38.8. The molecule has 0 unspecified atom stereocenters. The summed E-state index contributed by atoms with van der Waals surface area (Å²) in [5.41, 5.74) is 4.86. The van der Waals surface area contributed by atoms with Crippen molar-refractivity contribution >= 4 is 16.3 Å². The average Bonchev–Trinajstić information content (AvgIpc) is 3.23. The number of aromatic nitrogens is 1. The molecule has 0 N–H and O–H groups in total. The maximum Gasteiger partial charge on any atom is 0.433 e. The van der Waals surface area contributed by atoms with Crippen molar-refractivity contribution in [2.24, 2.45) is 0 Å². The lowest BCUT2D eigenvalue weighted by atomic mass is 9.99. The van der Waals surface area contributed by atoms with Gasteiger partial charge in [0.05, 0.1) is 5.69 Å². The van der Waals surface area contributed by atoms with Crippen molar-refractivity contribution < 1.29 is 13.2 Å². The maximum absolute atomic E-state index is 12.9. The Morgan fingerprint density at radius 2 is 1.71 bits per heavy atom. The van der Waals surface area contributed by atoms with E-state index >= 15 is 0 Å². The van der Waals surface area contributed by atoms with Gasteiger partial charge in [-0.3, -0.25) is 4.90 Å². The molecule has 0 atom stereocenters. The van der Waals surface area contributed by atoms with Gasteiger partial charge in [0.2, 0.25) is 0 Å². The summed E-state index contributed by atoms with van der Waals surface area (Å²) in [6.45, 7) is 2.52. The van der Waals surface area contributed by atoms with Gasteiger partial charge in [0.15, 0.2) is 0 Å². The standard InChI is InChI=1S/C26H25F3N2/c27-26(28,29)25-6-2-5-24(30-25)19-10-13-31(14-11-19)12-9-18-7-8-22-16-20-3-1-4-21(20)17-23(22)15-18/h2,5-8,10,15-17H,1,3-4,9,11-14H2. The van der Waals surface area contributed by atoms with E-state index in [0.29, 0.717) is 5.69 Å². The van der Waals surface area contributed by atoms with Gasteiger partial charge in [-0.05, 0) is 77.3 Å². The van der Waals surface area contributed by atoms with E-state index < -0.39 is 11.9 Å². The molecule has 1 aliphatic heterocycles. The zero-order chi connectivity index (χ0) is 21.4. The molecule has 2 heterocycles. The molecule has 0 fully saturated rings. The van der Waals surface area contributed by atoms with E-state index in [1.54, 1.807) is 6.07 Å². The third-order valence-corrected chi connectivity index (χ3v) is 6.49. The molecule has 2 aromatic carbocycles. The topological polar surface area (TPSA) is 16.1 Å². The maximum atomic E-state index is 12.9. The first-order valence-electron chi connectivity index (χ1n) is 11.0. The first kappa shape index (κ1) is 20.3. The van der Waals surface area contributed by atoms with Gasteiger partial charge in [0.1, 0.15) is 5.69 Å². The number of hydrogen-bond acceptors (Lipinski definition) is 2. The molecule has 2 aliphatic rings. The van der Waals surface area contributed by atoms with E-state index in [-0.39, 0.29) is 0 Å². The van der Waals surface area contributed by atoms with Crippen LogP contribution in [0.5, 0.6) is 0 Å². The summed E-state index contributed by atoms with van der Waals surface area (Å²) in [5.74, 6) is 0. The van der Waals surface area contributed by atoms with Gasteiger partial charge in [-0.2, -0.15) is 13.2 Å². The number of aryl methyl sites for hydroxylation is 2. The Balaban J connectivity index is 1.23. The van der Waals surface area contributed by atoms with Crippen molar-refractivity contribution in [3.63, 3.8) is 0 Å². The van der Waals surface area contributed by atoms with Crippen LogP contribution in [-0.2, 0) is 25.4 Å². The summed E-state index contributed by atoms with van der Waals surface area (Å²) >= 11 is 0. The second kappa shape index (κ2) is 8.12. The highest BCUT2D eigenvalue weighted by Crippen LogP contribution is 2.30. The van der Waals surface area contributed by atoms with Gasteiger partial charge in [0, 0.05) is 19.6 Å². The highest BCUT2D eigenvalue weighted by atomic mass is 19.4. The van der Waals surface area contributed by atoms with Crippen LogP contribution in [0.15, 0.2) is 54.6 Å². The number of pyridine rings is 1. The second-order valence-electron chi connectivity index (χ2n) is 8.59. The molecule has 3 aromatic rings. The molecule has 0 saturated carbocycles. The van der Waals surface area contributed by atoms with Crippen LogP contribution < -0.4 is 0 Å². The lowest BCUT2D eigenvalue weighted by Crippen LogP contribution is -2.30. The number of hydrogen-bond donors (Lipinski definition) is 0. The Kier molecular flexibility index (Phi) is 5.30. The first-order valence-corrected chi connectivity index (χ1v) is 11.0. The molecule has 160 valence electrons. The normalized spacial score (nSPS) is 17.1. The molecule has 0 bridgehead atoms. The van der Waals surface area contributed by atoms with Crippen LogP contribution in [0.2, 0.25) is 0 Å². The molecular formula is C26H25F3N2. The summed E-state index contributed by atoms with van der Waals surface area (Å²) in [7, 11) is 0. The second-order valence-corrected chi connectivity index (χ2v) is 8.59. The number of halogens is 3. The number of nitrogens with zero attached hydrogens (tertiary/aromatic N) is 2. The van der Waals surface area contributed by atoms with Gasteiger partial charge < -0.3 is 0 Å². The fourth-order valence-corrected chi connectivity index (χ4v) is 4.74. The van der Waals surface area contributed by atoms with E-state index in [4.69, 9.17) is 0 Å². The number of benzene rings is 2. The van der Waals surface area contributed by atoms with Crippen molar-refractivity contribution in [2.45, 2.75) is 38.3 Å². The SMILES string of the molecule is FC(F)(F)c1cccc(C2=CCN(CCc3ccc4cc5c(cc4c3)CCC5)CC2)n1. The monoisotopic (exact) mass is 422 g/mol. The molecule has 0 amide bonds. The third-order valence-electron chi connectivity index (χ3n) is 6.49. The van der Waals surface area contributed by atoms with Crippen molar-refractivity contribution in [3.8, 4) is 0 Å². The molecule has 1 aliphatic carbocycles. The fourth-order valence-electron chi connectivity index (χ4n) is 4.74. The Bertz CT molecular complexity index is 1150. The van der Waals surface area contributed by atoms with E-state index in [1.807, 2.05) is 6.08 Å². The summed E-state index contributed by atoms with van der Waals surface area (Å²) in [6.07, 6.45) is 2.97. The highest BCUT2D eigenvalue weighted by molar-refractivity contribution is 5.85. The van der Waals surface area contributed by atoms with Crippen molar-refractivity contribution in [1.82, 2.24) is 9.88 Å².